The van der Waals surface area contributed by atoms with E-state index in [1.165, 1.54) is 17.9 Å². The Bertz CT molecular complexity index is 1560. The van der Waals surface area contributed by atoms with Gasteiger partial charge in [-0.2, -0.15) is 26.3 Å². The highest BCUT2D eigenvalue weighted by atomic mass is 19.4. The first-order valence-corrected chi connectivity index (χ1v) is 14.9. The van der Waals surface area contributed by atoms with Crippen LogP contribution < -0.4 is 0 Å². The second-order valence-electron chi connectivity index (χ2n) is 12.3. The van der Waals surface area contributed by atoms with Crippen molar-refractivity contribution in [3.8, 4) is 11.1 Å². The Hall–Kier alpha value is -3.67. The van der Waals surface area contributed by atoms with Crippen LogP contribution in [0.1, 0.15) is 97.0 Å². The first kappa shape index (κ1) is 31.3. The molecule has 3 fully saturated rings. The van der Waals surface area contributed by atoms with Gasteiger partial charge in [0.15, 0.2) is 0 Å². The van der Waals surface area contributed by atoms with Crippen LogP contribution in [0.15, 0.2) is 48.5 Å². The third kappa shape index (κ3) is 6.52. The summed E-state index contributed by atoms with van der Waals surface area (Å²) in [5, 5.41) is 9.92. The molecule has 0 unspecified atom stereocenters. The predicted octanol–water partition coefficient (Wildman–Crippen LogP) is 8.90. The van der Waals surface area contributed by atoms with E-state index >= 15 is 4.39 Å². The molecule has 2 aromatic carbocycles. The maximum Gasteiger partial charge on any atom is 0.416 e. The van der Waals surface area contributed by atoms with Gasteiger partial charge < -0.3 is 9.84 Å². The van der Waals surface area contributed by atoms with Crippen molar-refractivity contribution in [3.63, 3.8) is 0 Å². The van der Waals surface area contributed by atoms with E-state index < -0.39 is 53.1 Å². The van der Waals surface area contributed by atoms with Crippen LogP contribution in [0.25, 0.3) is 11.1 Å². The van der Waals surface area contributed by atoms with E-state index in [0.717, 1.165) is 36.9 Å². The molecular weight excluding hydrogens is 605 g/mol. The van der Waals surface area contributed by atoms with Gasteiger partial charge in [-0.05, 0) is 98.9 Å². The molecule has 0 spiro atoms. The number of hydrogen-bond donors (Lipinski definition) is 1. The molecule has 6 rings (SSSR count). The number of benzene rings is 2. The number of nitrogens with zero attached hydrogens (tertiary/aromatic N) is 2. The molecule has 2 heterocycles. The molecule has 12 heteroatoms. The van der Waals surface area contributed by atoms with E-state index in [4.69, 9.17) is 9.72 Å². The Kier molecular flexibility index (Phi) is 8.07. The molecule has 240 valence electrons. The van der Waals surface area contributed by atoms with E-state index in [-0.39, 0.29) is 36.1 Å². The zero-order chi connectivity index (χ0) is 32.3. The molecule has 5 nitrogen and oxygen atoms in total. The van der Waals surface area contributed by atoms with Crippen LogP contribution in [0, 0.1) is 5.82 Å². The van der Waals surface area contributed by atoms with Crippen LogP contribution in [-0.4, -0.2) is 33.2 Å². The lowest BCUT2D eigenvalue weighted by molar-refractivity contribution is -0.143. The summed E-state index contributed by atoms with van der Waals surface area (Å²) in [7, 11) is 0. The molecule has 0 radical (unpaired) electrons. The number of hydrogen-bond acceptors (Lipinski definition) is 4. The summed E-state index contributed by atoms with van der Waals surface area (Å²) in [5.41, 5.74) is -0.721. The molecule has 0 bridgehead atoms. The van der Waals surface area contributed by atoms with Gasteiger partial charge >= 0.3 is 18.4 Å². The molecule has 3 aromatic rings. The van der Waals surface area contributed by atoms with E-state index in [1.807, 2.05) is 6.07 Å². The zero-order valence-electron chi connectivity index (χ0n) is 24.3. The zero-order valence-corrected chi connectivity index (χ0v) is 24.3. The van der Waals surface area contributed by atoms with Crippen molar-refractivity contribution < 1.29 is 45.4 Å². The topological polar surface area (TPSA) is 62.7 Å². The molecule has 1 amide bonds. The number of aromatic nitrogens is 1. The van der Waals surface area contributed by atoms with Crippen LogP contribution in [0.5, 0.6) is 0 Å². The quantitative estimate of drug-likeness (QED) is 0.275. The molecule has 1 saturated heterocycles. The second kappa shape index (κ2) is 11.6. The molecule has 2 saturated carbocycles. The van der Waals surface area contributed by atoms with Gasteiger partial charge in [-0.25, -0.2) is 9.18 Å². The summed E-state index contributed by atoms with van der Waals surface area (Å²) in [6, 6.07) is 8.61. The Labute approximate surface area is 255 Å². The number of alkyl halides is 6. The fraction of sp³-hybridized carbons (Fsp3) is 0.455. The number of carbonyl (C=O) groups is 1. The summed E-state index contributed by atoms with van der Waals surface area (Å²) in [6.07, 6.45) is -8.18. The predicted molar refractivity (Wildman–Crippen MR) is 149 cm³/mol. The first-order chi connectivity index (χ1) is 21.2. The molecule has 2 aliphatic carbocycles. The minimum atomic E-state index is -5.06. The standard InChI is InChI=1S/C33H31F7N2O3/c1-17-30(21-12-22(32(35,36)37)15-23(13-21)33(38,39)40)45-31(44)42(17)16-29-25(9-11-28(41-29)19-2-3-19)26-14-20(6-10-27(26)34)18-4-7-24(43)8-5-18/h6,9-15,17-19,24,30,43H,2-5,7-8,16H2,1H3/t17-,18-,24-,30-/m0/s1. The molecule has 45 heavy (non-hydrogen) atoms. The third-order valence-corrected chi connectivity index (χ3v) is 9.09. The highest BCUT2D eigenvalue weighted by molar-refractivity contribution is 5.73. The van der Waals surface area contributed by atoms with Crippen molar-refractivity contribution in [3.05, 3.63) is 88.0 Å². The van der Waals surface area contributed by atoms with Crippen LogP contribution in [0.2, 0.25) is 0 Å². The number of aliphatic hydroxyl groups excluding tert-OH is 1. The summed E-state index contributed by atoms with van der Waals surface area (Å²) in [4.78, 5) is 19.1. The number of pyridine rings is 1. The van der Waals surface area contributed by atoms with Crippen molar-refractivity contribution in [2.75, 3.05) is 0 Å². The largest absolute Gasteiger partial charge is 0.439 e. The number of cyclic esters (lactones) is 1. The molecule has 2 atom stereocenters. The Morgan fingerprint density at radius 2 is 1.44 bits per heavy atom. The second-order valence-corrected chi connectivity index (χ2v) is 12.3. The van der Waals surface area contributed by atoms with Gasteiger partial charge in [-0.1, -0.05) is 12.1 Å². The van der Waals surface area contributed by atoms with E-state index in [9.17, 15) is 36.2 Å². The van der Waals surface area contributed by atoms with E-state index in [0.29, 0.717) is 36.2 Å². The van der Waals surface area contributed by atoms with Gasteiger partial charge in [0.25, 0.3) is 0 Å². The van der Waals surface area contributed by atoms with Gasteiger partial charge in [0.05, 0.1) is 35.5 Å². The summed E-state index contributed by atoms with van der Waals surface area (Å²) in [5.74, 6) is -0.155. The average Bonchev–Trinajstić information content (AvgIpc) is 3.80. The van der Waals surface area contributed by atoms with Crippen LogP contribution >= 0.6 is 0 Å². The molecule has 1 aliphatic heterocycles. The summed E-state index contributed by atoms with van der Waals surface area (Å²) in [6.45, 7) is 1.28. The number of ether oxygens (including phenoxy) is 1. The number of halogens is 7. The van der Waals surface area contributed by atoms with Crippen molar-refractivity contribution in [1.82, 2.24) is 9.88 Å². The average molecular weight is 637 g/mol. The van der Waals surface area contributed by atoms with Crippen molar-refractivity contribution in [2.24, 2.45) is 0 Å². The lowest BCUT2D eigenvalue weighted by Crippen LogP contribution is -2.32. The van der Waals surface area contributed by atoms with Gasteiger partial charge in [-0.3, -0.25) is 9.88 Å². The Balaban J connectivity index is 1.34. The molecular formula is C33H31F7N2O3. The number of rotatable bonds is 6. The normalized spacial score (nSPS) is 24.2. The van der Waals surface area contributed by atoms with Crippen LogP contribution in [-0.2, 0) is 23.6 Å². The number of aliphatic hydroxyl groups is 1. The lowest BCUT2D eigenvalue weighted by Gasteiger charge is -2.26. The monoisotopic (exact) mass is 636 g/mol. The maximum atomic E-state index is 15.4. The highest BCUT2D eigenvalue weighted by Crippen LogP contribution is 2.44. The van der Waals surface area contributed by atoms with E-state index in [2.05, 4.69) is 0 Å². The minimum absolute atomic E-state index is 0.0282. The number of amides is 1. The highest BCUT2D eigenvalue weighted by Gasteiger charge is 2.44. The van der Waals surface area contributed by atoms with Gasteiger partial charge in [-0.15, -0.1) is 0 Å². The third-order valence-electron chi connectivity index (χ3n) is 9.09. The minimum Gasteiger partial charge on any atom is -0.439 e. The number of carbonyl (C=O) groups excluding carboxylic acids is 1. The van der Waals surface area contributed by atoms with Crippen molar-refractivity contribution >= 4 is 6.09 Å². The SMILES string of the molecule is C[C@H]1[C@@H](c2cc(C(F)(F)F)cc(C(F)(F)F)c2)OC(=O)N1Cc1nc(C2CC2)ccc1-c1cc([C@H]2CC[C@H](O)CC2)ccc1F. The van der Waals surface area contributed by atoms with Crippen LogP contribution in [0.4, 0.5) is 35.5 Å². The van der Waals surface area contributed by atoms with Gasteiger partial charge in [0, 0.05) is 22.7 Å². The Morgan fingerprint density at radius 3 is 2.04 bits per heavy atom. The summed E-state index contributed by atoms with van der Waals surface area (Å²) >= 11 is 0. The van der Waals surface area contributed by atoms with Gasteiger partial charge in [0.2, 0.25) is 0 Å². The van der Waals surface area contributed by atoms with Crippen LogP contribution in [0.3, 0.4) is 0 Å². The van der Waals surface area contributed by atoms with E-state index in [1.54, 1.807) is 18.2 Å². The van der Waals surface area contributed by atoms with Crippen molar-refractivity contribution in [2.45, 2.75) is 94.4 Å². The molecule has 3 aliphatic rings. The van der Waals surface area contributed by atoms with Crippen molar-refractivity contribution in [1.29, 1.82) is 0 Å². The molecule has 1 N–H and O–H groups in total. The lowest BCUT2D eigenvalue weighted by atomic mass is 9.82. The molecule has 1 aromatic heterocycles. The first-order valence-electron chi connectivity index (χ1n) is 14.9. The van der Waals surface area contributed by atoms with Gasteiger partial charge in [0.1, 0.15) is 11.9 Å². The fourth-order valence-corrected chi connectivity index (χ4v) is 6.37. The Morgan fingerprint density at radius 1 is 0.822 bits per heavy atom. The fourth-order valence-electron chi connectivity index (χ4n) is 6.37. The summed E-state index contributed by atoms with van der Waals surface area (Å²) < 4.78 is 102. The maximum absolute atomic E-state index is 15.4. The smallest absolute Gasteiger partial charge is 0.416 e.